The second kappa shape index (κ2) is 4.88. The van der Waals surface area contributed by atoms with Gasteiger partial charge < -0.3 is 0 Å². The molecule has 0 bridgehead atoms. The molecular weight excluding hydrogens is 292 g/mol. The Morgan fingerprint density at radius 2 is 1.12 bits per heavy atom. The number of fused-ring (bicyclic) bond motifs is 2. The molecule has 116 valence electrons. The molecule has 24 heavy (non-hydrogen) atoms. The Labute approximate surface area is 140 Å². The first kappa shape index (κ1) is 13.7. The first-order valence-corrected chi connectivity index (χ1v) is 8.66. The van der Waals surface area contributed by atoms with Crippen LogP contribution in [-0.2, 0) is 12.8 Å². The summed E-state index contributed by atoms with van der Waals surface area (Å²) in [5.74, 6) is 0. The first-order chi connectivity index (χ1) is 11.8. The van der Waals surface area contributed by atoms with Crippen molar-refractivity contribution in [3.8, 4) is 0 Å². The summed E-state index contributed by atoms with van der Waals surface area (Å²) in [6.45, 7) is 4.32. The molecule has 0 aliphatic carbocycles. The monoisotopic (exact) mass is 310 g/mol. The van der Waals surface area contributed by atoms with Crippen LogP contribution in [-0.4, -0.2) is 9.97 Å². The molecule has 0 aliphatic rings. The fourth-order valence-corrected chi connectivity index (χ4v) is 3.89. The largest absolute Gasteiger partial charge is 0.250 e. The van der Waals surface area contributed by atoms with Crippen molar-refractivity contribution >= 4 is 43.4 Å². The van der Waals surface area contributed by atoms with Crippen LogP contribution in [0.25, 0.3) is 43.4 Å². The van der Waals surface area contributed by atoms with E-state index in [9.17, 15) is 0 Å². The van der Waals surface area contributed by atoms with E-state index in [1.165, 1.54) is 32.3 Å². The van der Waals surface area contributed by atoms with Gasteiger partial charge in [0.1, 0.15) is 0 Å². The van der Waals surface area contributed by atoms with Gasteiger partial charge in [-0.05, 0) is 46.5 Å². The van der Waals surface area contributed by atoms with Gasteiger partial charge in [0.2, 0.25) is 0 Å². The van der Waals surface area contributed by atoms with Gasteiger partial charge in [0.05, 0.1) is 11.0 Å². The maximum absolute atomic E-state index is 4.99. The Bertz CT molecular complexity index is 1120. The highest BCUT2D eigenvalue weighted by molar-refractivity contribution is 6.30. The van der Waals surface area contributed by atoms with Crippen molar-refractivity contribution in [1.29, 1.82) is 0 Å². The van der Waals surface area contributed by atoms with Gasteiger partial charge in [-0.15, -0.1) is 0 Å². The summed E-state index contributed by atoms with van der Waals surface area (Å²) in [5, 5.41) is 7.58. The predicted molar refractivity (Wildman–Crippen MR) is 102 cm³/mol. The summed E-state index contributed by atoms with van der Waals surface area (Å²) in [6.07, 6.45) is 1.87. The maximum atomic E-state index is 4.99. The van der Waals surface area contributed by atoms with E-state index in [0.717, 1.165) is 35.3 Å². The molecule has 0 spiro atoms. The van der Waals surface area contributed by atoms with Crippen LogP contribution in [0.4, 0.5) is 0 Å². The Hall–Kier alpha value is -2.74. The SMILES string of the molecule is CCc1cc2cccc3c4cccc5cc(CC)nc(c(n1)c23)c54. The number of hydrogen-bond acceptors (Lipinski definition) is 2. The molecule has 3 aromatic carbocycles. The number of hydrogen-bond donors (Lipinski definition) is 0. The highest BCUT2D eigenvalue weighted by Crippen LogP contribution is 2.38. The summed E-state index contributed by atoms with van der Waals surface area (Å²) in [7, 11) is 0. The van der Waals surface area contributed by atoms with Gasteiger partial charge in [-0.1, -0.05) is 50.2 Å². The van der Waals surface area contributed by atoms with E-state index in [2.05, 4.69) is 62.4 Å². The molecule has 0 unspecified atom stereocenters. The fraction of sp³-hybridized carbons (Fsp3) is 0.182. The molecule has 0 saturated heterocycles. The zero-order chi connectivity index (χ0) is 16.3. The minimum Gasteiger partial charge on any atom is -0.250 e. The molecule has 0 fully saturated rings. The summed E-state index contributed by atoms with van der Waals surface area (Å²) in [5.41, 5.74) is 4.37. The highest BCUT2D eigenvalue weighted by Gasteiger charge is 2.16. The number of benzene rings is 3. The average Bonchev–Trinajstić information content (AvgIpc) is 2.64. The topological polar surface area (TPSA) is 25.8 Å². The van der Waals surface area contributed by atoms with Crippen molar-refractivity contribution in [2.45, 2.75) is 26.7 Å². The van der Waals surface area contributed by atoms with Crippen LogP contribution in [0, 0.1) is 0 Å². The molecule has 2 heterocycles. The van der Waals surface area contributed by atoms with E-state index < -0.39 is 0 Å². The van der Waals surface area contributed by atoms with Gasteiger partial charge in [-0.3, -0.25) is 9.97 Å². The third-order valence-corrected chi connectivity index (χ3v) is 5.06. The van der Waals surface area contributed by atoms with Crippen molar-refractivity contribution in [3.63, 3.8) is 0 Å². The lowest BCUT2D eigenvalue weighted by atomic mass is 9.94. The minimum absolute atomic E-state index is 0.936. The van der Waals surface area contributed by atoms with Gasteiger partial charge in [-0.2, -0.15) is 0 Å². The number of aromatic nitrogens is 2. The van der Waals surface area contributed by atoms with Crippen LogP contribution >= 0.6 is 0 Å². The minimum atomic E-state index is 0.936. The lowest BCUT2D eigenvalue weighted by Gasteiger charge is -2.15. The zero-order valence-corrected chi connectivity index (χ0v) is 13.9. The first-order valence-electron chi connectivity index (χ1n) is 8.66. The van der Waals surface area contributed by atoms with Crippen molar-refractivity contribution in [3.05, 3.63) is 59.9 Å². The molecule has 0 N–H and O–H groups in total. The number of rotatable bonds is 2. The molecule has 5 aromatic rings. The van der Waals surface area contributed by atoms with Crippen LogP contribution in [0.15, 0.2) is 48.5 Å². The standard InChI is InChI=1S/C22H18N2/c1-3-15-11-13-7-5-9-17-18-10-6-8-14-12-16(4-2)24-22(20(14)18)21(23-15)19(13)17/h5-12H,3-4H2,1-2H3. The normalized spacial score (nSPS) is 12.1. The summed E-state index contributed by atoms with van der Waals surface area (Å²) in [4.78, 5) is 9.97. The maximum Gasteiger partial charge on any atom is 0.0980 e. The fourth-order valence-electron chi connectivity index (χ4n) is 3.89. The van der Waals surface area contributed by atoms with E-state index in [1.807, 2.05) is 0 Å². The molecule has 0 aliphatic heterocycles. The number of nitrogens with zero attached hydrogens (tertiary/aromatic N) is 2. The Kier molecular flexibility index (Phi) is 2.78. The van der Waals surface area contributed by atoms with Crippen LogP contribution in [0.1, 0.15) is 25.2 Å². The zero-order valence-electron chi connectivity index (χ0n) is 13.9. The molecule has 0 saturated carbocycles. The van der Waals surface area contributed by atoms with Gasteiger partial charge in [-0.25, -0.2) is 0 Å². The molecule has 0 amide bonds. The molecule has 2 heteroatoms. The van der Waals surface area contributed by atoms with E-state index >= 15 is 0 Å². The van der Waals surface area contributed by atoms with Gasteiger partial charge in [0.15, 0.2) is 0 Å². The van der Waals surface area contributed by atoms with E-state index in [1.54, 1.807) is 0 Å². The van der Waals surface area contributed by atoms with Gasteiger partial charge in [0.25, 0.3) is 0 Å². The Morgan fingerprint density at radius 3 is 1.54 bits per heavy atom. The summed E-state index contributed by atoms with van der Waals surface area (Å²) in [6, 6.07) is 17.6. The molecular formula is C22H18N2. The second-order valence-electron chi connectivity index (χ2n) is 6.44. The lowest BCUT2D eigenvalue weighted by molar-refractivity contribution is 1.05. The quantitative estimate of drug-likeness (QED) is 0.311. The van der Waals surface area contributed by atoms with Crippen molar-refractivity contribution in [2.24, 2.45) is 0 Å². The molecule has 2 aromatic heterocycles. The average molecular weight is 310 g/mol. The molecule has 2 nitrogen and oxygen atoms in total. The Balaban J connectivity index is 2.18. The number of pyridine rings is 2. The van der Waals surface area contributed by atoms with E-state index in [0.29, 0.717) is 0 Å². The molecule has 0 radical (unpaired) electrons. The smallest absolute Gasteiger partial charge is 0.0980 e. The third kappa shape index (κ3) is 1.71. The Morgan fingerprint density at radius 1 is 0.667 bits per heavy atom. The van der Waals surface area contributed by atoms with Crippen LogP contribution in [0.3, 0.4) is 0 Å². The van der Waals surface area contributed by atoms with E-state index in [-0.39, 0.29) is 0 Å². The van der Waals surface area contributed by atoms with Crippen LogP contribution in [0.5, 0.6) is 0 Å². The van der Waals surface area contributed by atoms with E-state index in [4.69, 9.17) is 9.97 Å². The van der Waals surface area contributed by atoms with Gasteiger partial charge >= 0.3 is 0 Å². The van der Waals surface area contributed by atoms with Crippen LogP contribution < -0.4 is 0 Å². The molecule has 5 rings (SSSR count). The lowest BCUT2D eigenvalue weighted by Crippen LogP contribution is -1.97. The van der Waals surface area contributed by atoms with Gasteiger partial charge in [0, 0.05) is 22.2 Å². The van der Waals surface area contributed by atoms with Crippen molar-refractivity contribution < 1.29 is 0 Å². The number of aryl methyl sites for hydroxylation is 2. The summed E-state index contributed by atoms with van der Waals surface area (Å²) < 4.78 is 0. The van der Waals surface area contributed by atoms with Crippen molar-refractivity contribution in [2.75, 3.05) is 0 Å². The highest BCUT2D eigenvalue weighted by atomic mass is 14.8. The summed E-state index contributed by atoms with van der Waals surface area (Å²) >= 11 is 0. The van der Waals surface area contributed by atoms with Crippen LogP contribution in [0.2, 0.25) is 0 Å². The third-order valence-electron chi connectivity index (χ3n) is 5.06. The predicted octanol–water partition coefficient (Wildman–Crippen LogP) is 5.65. The van der Waals surface area contributed by atoms with Crippen molar-refractivity contribution in [1.82, 2.24) is 9.97 Å². The molecule has 0 atom stereocenters. The second-order valence-corrected chi connectivity index (χ2v) is 6.44.